The van der Waals surface area contributed by atoms with Gasteiger partial charge < -0.3 is 24.5 Å². The number of halogens is 4. The summed E-state index contributed by atoms with van der Waals surface area (Å²) in [6, 6.07) is 7.88. The Labute approximate surface area is 212 Å². The molecule has 0 atom stereocenters. The van der Waals surface area contributed by atoms with Crippen LogP contribution >= 0.6 is 48.8 Å². The zero-order valence-electron chi connectivity index (χ0n) is 18.0. The number of benzene rings is 1. The van der Waals surface area contributed by atoms with Crippen molar-refractivity contribution in [2.24, 2.45) is 5.73 Å². The lowest BCUT2D eigenvalue weighted by Gasteiger charge is -2.35. The molecule has 0 unspecified atom stereocenters. The van der Waals surface area contributed by atoms with Gasteiger partial charge in [0.1, 0.15) is 17.1 Å². The maximum Gasteiger partial charge on any atom is 0.141 e. The van der Waals surface area contributed by atoms with E-state index in [4.69, 9.17) is 31.8 Å². The van der Waals surface area contributed by atoms with Gasteiger partial charge in [0.25, 0.3) is 0 Å². The van der Waals surface area contributed by atoms with E-state index in [-0.39, 0.29) is 37.2 Å². The first-order chi connectivity index (χ1) is 14.1. The Balaban J connectivity index is 0.00000171. The fourth-order valence-corrected chi connectivity index (χ4v) is 4.01. The largest absolute Gasteiger partial charge is 0.496 e. The number of pyridine rings is 1. The molecule has 0 bridgehead atoms. The molecular weight excluding hydrogens is 496 g/mol. The van der Waals surface area contributed by atoms with Gasteiger partial charge in [-0.3, -0.25) is 4.90 Å². The maximum atomic E-state index is 6.33. The molecule has 3 aromatic rings. The highest BCUT2D eigenvalue weighted by Crippen LogP contribution is 2.38. The van der Waals surface area contributed by atoms with Crippen LogP contribution in [0.3, 0.4) is 0 Å². The smallest absolute Gasteiger partial charge is 0.141 e. The minimum atomic E-state index is 0. The van der Waals surface area contributed by atoms with Gasteiger partial charge in [-0.2, -0.15) is 0 Å². The van der Waals surface area contributed by atoms with Crippen LogP contribution < -0.4 is 20.1 Å². The zero-order chi connectivity index (χ0) is 20.4. The highest BCUT2D eigenvalue weighted by Gasteiger charge is 2.18. The van der Waals surface area contributed by atoms with Gasteiger partial charge in [0.15, 0.2) is 0 Å². The Hall–Kier alpha value is -1.61. The van der Waals surface area contributed by atoms with Crippen molar-refractivity contribution in [2.75, 3.05) is 58.4 Å². The molecule has 1 aromatic carbocycles. The normalized spacial score (nSPS) is 13.7. The van der Waals surface area contributed by atoms with E-state index in [1.54, 1.807) is 20.3 Å². The van der Waals surface area contributed by atoms with E-state index in [0.717, 1.165) is 49.6 Å². The number of fused-ring (bicyclic) bond motifs is 1. The minimum Gasteiger partial charge on any atom is -0.496 e. The maximum absolute atomic E-state index is 6.33. The van der Waals surface area contributed by atoms with Crippen molar-refractivity contribution in [3.05, 3.63) is 41.7 Å². The second-order valence-electron chi connectivity index (χ2n) is 7.08. The number of aromatic nitrogens is 2. The van der Waals surface area contributed by atoms with Crippen LogP contribution in [0.5, 0.6) is 11.5 Å². The van der Waals surface area contributed by atoms with Crippen molar-refractivity contribution >= 4 is 60.2 Å². The number of imidazole rings is 1. The van der Waals surface area contributed by atoms with Crippen LogP contribution in [-0.4, -0.2) is 67.8 Å². The zero-order valence-corrected chi connectivity index (χ0v) is 21.2. The summed E-state index contributed by atoms with van der Waals surface area (Å²) in [7, 11) is 3.22. The first kappa shape index (κ1) is 28.4. The Bertz CT molecular complexity index is 1010. The van der Waals surface area contributed by atoms with Crippen molar-refractivity contribution in [1.82, 2.24) is 14.3 Å². The summed E-state index contributed by atoms with van der Waals surface area (Å²) in [5, 5.41) is 0.524. The highest BCUT2D eigenvalue weighted by molar-refractivity contribution is 6.32. The van der Waals surface area contributed by atoms with E-state index < -0.39 is 0 Å². The van der Waals surface area contributed by atoms with E-state index in [1.165, 1.54) is 5.69 Å². The molecule has 3 heterocycles. The lowest BCUT2D eigenvalue weighted by atomic mass is 10.1. The summed E-state index contributed by atoms with van der Waals surface area (Å²) in [4.78, 5) is 9.62. The summed E-state index contributed by atoms with van der Waals surface area (Å²) >= 11 is 6.33. The van der Waals surface area contributed by atoms with Crippen LogP contribution in [0.15, 0.2) is 36.7 Å². The number of methoxy groups -OCH3 is 2. The van der Waals surface area contributed by atoms with Gasteiger partial charge in [-0.1, -0.05) is 11.6 Å². The second-order valence-corrected chi connectivity index (χ2v) is 7.49. The number of piperazine rings is 1. The van der Waals surface area contributed by atoms with Crippen molar-refractivity contribution < 1.29 is 9.47 Å². The number of hydrogen-bond donors (Lipinski definition) is 1. The van der Waals surface area contributed by atoms with Gasteiger partial charge in [-0.25, -0.2) is 4.98 Å². The molecule has 1 fully saturated rings. The van der Waals surface area contributed by atoms with E-state index in [1.807, 2.05) is 22.9 Å². The lowest BCUT2D eigenvalue weighted by Crippen LogP contribution is -2.47. The van der Waals surface area contributed by atoms with Crippen molar-refractivity contribution in [1.29, 1.82) is 0 Å². The topological polar surface area (TPSA) is 68.3 Å². The van der Waals surface area contributed by atoms with Crippen LogP contribution in [0.4, 0.5) is 5.69 Å². The quantitative estimate of drug-likeness (QED) is 0.525. The molecule has 2 N–H and O–H groups in total. The van der Waals surface area contributed by atoms with Gasteiger partial charge in [0, 0.05) is 75.0 Å². The van der Waals surface area contributed by atoms with Gasteiger partial charge >= 0.3 is 0 Å². The Morgan fingerprint density at radius 1 is 1.00 bits per heavy atom. The lowest BCUT2D eigenvalue weighted by molar-refractivity contribution is 0.265. The van der Waals surface area contributed by atoms with Gasteiger partial charge in [0.2, 0.25) is 0 Å². The van der Waals surface area contributed by atoms with Crippen LogP contribution in [-0.2, 0) is 0 Å². The highest BCUT2D eigenvalue weighted by atomic mass is 35.5. The van der Waals surface area contributed by atoms with E-state index >= 15 is 0 Å². The number of ether oxygens (including phenoxy) is 2. The number of rotatable bonds is 6. The summed E-state index contributed by atoms with van der Waals surface area (Å²) in [5.74, 6) is 1.25. The second kappa shape index (κ2) is 12.6. The summed E-state index contributed by atoms with van der Waals surface area (Å²) in [5.41, 5.74) is 9.38. The van der Waals surface area contributed by atoms with Gasteiger partial charge in [-0.05, 0) is 12.1 Å². The predicted octanol–water partition coefficient (Wildman–Crippen LogP) is 4.02. The van der Waals surface area contributed by atoms with E-state index in [0.29, 0.717) is 23.1 Å². The Morgan fingerprint density at radius 3 is 2.31 bits per heavy atom. The van der Waals surface area contributed by atoms with E-state index in [2.05, 4.69) is 21.9 Å². The predicted molar refractivity (Wildman–Crippen MR) is 138 cm³/mol. The molecule has 0 saturated carbocycles. The minimum absolute atomic E-state index is 0. The van der Waals surface area contributed by atoms with E-state index in [9.17, 15) is 0 Å². The standard InChI is InChI=1S/C21H26ClN5O2.3ClH/c1-28-19-13-20(29-2)17(22)12-16(19)18-14-27-5-3-15(11-21(27)24-18)26-9-7-25(6-4-23)8-10-26;;;/h3,5,11-14H,4,6-10,23H2,1-2H3;3*1H. The molecule has 1 aliphatic rings. The molecule has 11 heteroatoms. The molecule has 0 aliphatic carbocycles. The first-order valence-electron chi connectivity index (χ1n) is 9.71. The first-order valence-corrected chi connectivity index (χ1v) is 10.1. The number of nitrogens with zero attached hydrogens (tertiary/aromatic N) is 4. The molecule has 0 radical (unpaired) electrons. The number of hydrogen-bond acceptors (Lipinski definition) is 6. The average Bonchev–Trinajstić information content (AvgIpc) is 3.17. The number of nitrogens with two attached hydrogens (primary N) is 1. The molecule has 7 nitrogen and oxygen atoms in total. The molecule has 32 heavy (non-hydrogen) atoms. The molecule has 4 rings (SSSR count). The third kappa shape index (κ3) is 5.84. The van der Waals surface area contributed by atoms with Crippen molar-refractivity contribution in [3.63, 3.8) is 0 Å². The monoisotopic (exact) mass is 523 g/mol. The Morgan fingerprint density at radius 2 is 1.69 bits per heavy atom. The number of anilines is 1. The summed E-state index contributed by atoms with van der Waals surface area (Å²) in [6.45, 7) is 5.72. The fraction of sp³-hybridized carbons (Fsp3) is 0.381. The average molecular weight is 525 g/mol. The Kier molecular flexibility index (Phi) is 11.2. The molecule has 178 valence electrons. The van der Waals surface area contributed by atoms with Crippen LogP contribution in [0.1, 0.15) is 0 Å². The SMILES string of the molecule is COc1cc(OC)c(-c2cn3ccc(N4CCN(CCN)CC4)cc3n2)cc1Cl.Cl.Cl.Cl. The van der Waals surface area contributed by atoms with Crippen LogP contribution in [0.25, 0.3) is 16.9 Å². The molecule has 1 saturated heterocycles. The van der Waals surface area contributed by atoms with Crippen molar-refractivity contribution in [2.45, 2.75) is 0 Å². The fourth-order valence-electron chi connectivity index (χ4n) is 3.77. The van der Waals surface area contributed by atoms with Crippen LogP contribution in [0.2, 0.25) is 5.02 Å². The third-order valence-electron chi connectivity index (χ3n) is 5.38. The molecule has 0 amide bonds. The summed E-state index contributed by atoms with van der Waals surface area (Å²) in [6.07, 6.45) is 4.03. The molecular formula is C21H29Cl4N5O2. The summed E-state index contributed by atoms with van der Waals surface area (Å²) < 4.78 is 12.8. The molecule has 0 spiro atoms. The molecule has 2 aromatic heterocycles. The van der Waals surface area contributed by atoms with Crippen LogP contribution in [0, 0.1) is 0 Å². The van der Waals surface area contributed by atoms with Crippen molar-refractivity contribution in [3.8, 4) is 22.8 Å². The third-order valence-corrected chi connectivity index (χ3v) is 5.67. The van der Waals surface area contributed by atoms with Gasteiger partial charge in [-0.15, -0.1) is 37.2 Å². The van der Waals surface area contributed by atoms with Gasteiger partial charge in [0.05, 0.1) is 24.9 Å². The molecule has 1 aliphatic heterocycles.